The zero-order valence-electron chi connectivity index (χ0n) is 12.9. The quantitative estimate of drug-likeness (QED) is 0.549. The summed E-state index contributed by atoms with van der Waals surface area (Å²) in [5.41, 5.74) is 3.62. The third-order valence-electron chi connectivity index (χ3n) is 3.47. The highest BCUT2D eigenvalue weighted by molar-refractivity contribution is 5.95. The summed E-state index contributed by atoms with van der Waals surface area (Å²) in [6, 6.07) is 17.7. The Morgan fingerprint density at radius 3 is 2.78 bits per heavy atom. The van der Waals surface area contributed by atoms with E-state index in [2.05, 4.69) is 10.3 Å². The van der Waals surface area contributed by atoms with Crippen LogP contribution in [0.4, 0.5) is 5.69 Å². The molecular formula is C19H18N2O2. The Kier molecular flexibility index (Phi) is 4.43. The van der Waals surface area contributed by atoms with Crippen molar-refractivity contribution < 1.29 is 9.53 Å². The highest BCUT2D eigenvalue weighted by atomic mass is 16.5. The molecule has 0 atom stereocenters. The van der Waals surface area contributed by atoms with Gasteiger partial charge in [-0.2, -0.15) is 0 Å². The molecule has 1 heterocycles. The number of hydrogen-bond donors (Lipinski definition) is 2. The lowest BCUT2D eigenvalue weighted by molar-refractivity contribution is -0.137. The summed E-state index contributed by atoms with van der Waals surface area (Å²) in [6.45, 7) is 2.15. The first-order valence-corrected chi connectivity index (χ1v) is 7.54. The fourth-order valence-electron chi connectivity index (χ4n) is 2.40. The molecule has 0 saturated carbocycles. The lowest BCUT2D eigenvalue weighted by atomic mass is 10.1. The van der Waals surface area contributed by atoms with Crippen molar-refractivity contribution in [3.63, 3.8) is 0 Å². The van der Waals surface area contributed by atoms with E-state index in [1.54, 1.807) is 6.92 Å². The second-order valence-corrected chi connectivity index (χ2v) is 5.08. The molecule has 0 fully saturated rings. The largest absolute Gasteiger partial charge is 0.463 e. The van der Waals surface area contributed by atoms with Gasteiger partial charge in [0.15, 0.2) is 0 Å². The van der Waals surface area contributed by atoms with Crippen LogP contribution in [-0.4, -0.2) is 17.6 Å². The number of hydrogen-bond acceptors (Lipinski definition) is 3. The van der Waals surface area contributed by atoms with Crippen LogP contribution in [0.1, 0.15) is 12.5 Å². The molecule has 0 bridgehead atoms. The zero-order valence-corrected chi connectivity index (χ0v) is 12.9. The van der Waals surface area contributed by atoms with Crippen molar-refractivity contribution in [2.45, 2.75) is 6.92 Å². The van der Waals surface area contributed by atoms with Gasteiger partial charge >= 0.3 is 5.97 Å². The van der Waals surface area contributed by atoms with E-state index in [1.165, 1.54) is 6.08 Å². The lowest BCUT2D eigenvalue weighted by Gasteiger charge is -2.12. The molecule has 0 amide bonds. The van der Waals surface area contributed by atoms with Crippen LogP contribution in [0.5, 0.6) is 0 Å². The molecule has 0 unspecified atom stereocenters. The maximum Gasteiger partial charge on any atom is 0.332 e. The lowest BCUT2D eigenvalue weighted by Crippen LogP contribution is -2.05. The molecule has 0 saturated heterocycles. The van der Waals surface area contributed by atoms with E-state index in [-0.39, 0.29) is 5.97 Å². The van der Waals surface area contributed by atoms with Crippen molar-refractivity contribution in [3.8, 4) is 0 Å². The number of aromatic amines is 1. The van der Waals surface area contributed by atoms with Crippen molar-refractivity contribution >= 4 is 28.3 Å². The molecule has 2 N–H and O–H groups in total. The molecule has 4 heteroatoms. The third-order valence-corrected chi connectivity index (χ3v) is 3.47. The van der Waals surface area contributed by atoms with Crippen molar-refractivity contribution in [2.75, 3.05) is 11.9 Å². The summed E-state index contributed by atoms with van der Waals surface area (Å²) in [4.78, 5) is 15.0. The van der Waals surface area contributed by atoms with Crippen molar-refractivity contribution in [2.24, 2.45) is 0 Å². The van der Waals surface area contributed by atoms with Crippen LogP contribution in [-0.2, 0) is 9.53 Å². The molecule has 23 heavy (non-hydrogen) atoms. The minimum absolute atomic E-state index is 0.354. The van der Waals surface area contributed by atoms with Gasteiger partial charge in [0, 0.05) is 28.9 Å². The first-order valence-electron chi connectivity index (χ1n) is 7.54. The Balaban J connectivity index is 1.93. The van der Waals surface area contributed by atoms with Gasteiger partial charge in [0.1, 0.15) is 0 Å². The molecule has 4 nitrogen and oxygen atoms in total. The van der Waals surface area contributed by atoms with Crippen LogP contribution in [0.2, 0.25) is 0 Å². The van der Waals surface area contributed by atoms with Crippen molar-refractivity contribution in [1.29, 1.82) is 0 Å². The van der Waals surface area contributed by atoms with Crippen LogP contribution >= 0.6 is 0 Å². The second-order valence-electron chi connectivity index (χ2n) is 5.08. The summed E-state index contributed by atoms with van der Waals surface area (Å²) in [5, 5.41) is 4.42. The smallest absolute Gasteiger partial charge is 0.332 e. The average molecular weight is 306 g/mol. The van der Waals surface area contributed by atoms with Gasteiger partial charge in [-0.25, -0.2) is 4.79 Å². The predicted octanol–water partition coefficient (Wildman–Crippen LogP) is 4.18. The summed E-state index contributed by atoms with van der Waals surface area (Å²) >= 11 is 0. The Bertz CT molecular complexity index is 835. The molecule has 0 aliphatic carbocycles. The molecule has 0 spiro atoms. The molecule has 0 aliphatic heterocycles. The van der Waals surface area contributed by atoms with Gasteiger partial charge in [0.05, 0.1) is 12.3 Å². The van der Waals surface area contributed by atoms with Crippen molar-refractivity contribution in [3.05, 3.63) is 72.4 Å². The van der Waals surface area contributed by atoms with E-state index in [1.807, 2.05) is 60.8 Å². The highest BCUT2D eigenvalue weighted by Gasteiger charge is 2.07. The van der Waals surface area contributed by atoms with Crippen LogP contribution in [0.15, 0.2) is 66.9 Å². The summed E-state index contributed by atoms with van der Waals surface area (Å²) in [5.74, 6) is -0.360. The number of aromatic nitrogens is 1. The Hall–Kier alpha value is -3.01. The Morgan fingerprint density at radius 1 is 1.17 bits per heavy atom. The van der Waals surface area contributed by atoms with Gasteiger partial charge in [0.2, 0.25) is 0 Å². The van der Waals surface area contributed by atoms with Gasteiger partial charge in [-0.1, -0.05) is 30.3 Å². The molecule has 1 aromatic heterocycles. The molecule has 3 rings (SSSR count). The number of nitrogens with one attached hydrogen (secondary N) is 2. The predicted molar refractivity (Wildman–Crippen MR) is 93.0 cm³/mol. The molecule has 3 aromatic rings. The first kappa shape index (κ1) is 14.9. The zero-order chi connectivity index (χ0) is 16.1. The van der Waals surface area contributed by atoms with Crippen molar-refractivity contribution in [1.82, 2.24) is 4.98 Å². The Labute approximate surface area is 134 Å². The van der Waals surface area contributed by atoms with Crippen LogP contribution in [0.25, 0.3) is 16.6 Å². The monoisotopic (exact) mass is 306 g/mol. The molecule has 0 radical (unpaired) electrons. The second kappa shape index (κ2) is 6.83. The number of anilines is 1. The topological polar surface area (TPSA) is 54.1 Å². The molecule has 0 aliphatic rings. The van der Waals surface area contributed by atoms with E-state index in [0.29, 0.717) is 12.3 Å². The van der Waals surface area contributed by atoms with Crippen LogP contribution < -0.4 is 5.32 Å². The third kappa shape index (κ3) is 3.61. The summed E-state index contributed by atoms with van der Waals surface area (Å²) < 4.78 is 5.03. The fourth-order valence-corrected chi connectivity index (χ4v) is 2.40. The number of esters is 1. The van der Waals surface area contributed by atoms with E-state index in [9.17, 15) is 4.79 Å². The number of rotatable bonds is 5. The van der Waals surface area contributed by atoms with E-state index >= 15 is 0 Å². The van der Waals surface area contributed by atoms with Gasteiger partial charge in [-0.15, -0.1) is 0 Å². The van der Waals surface area contributed by atoms with Gasteiger partial charge in [0.25, 0.3) is 0 Å². The normalized spacial score (nSPS) is 11.4. The fraction of sp³-hybridized carbons (Fsp3) is 0.105. The van der Waals surface area contributed by atoms with E-state index < -0.39 is 0 Å². The molecular weight excluding hydrogens is 288 g/mol. The number of ether oxygens (including phenoxy) is 1. The summed E-state index contributed by atoms with van der Waals surface area (Å²) in [7, 11) is 0. The molecule has 2 aromatic carbocycles. The minimum atomic E-state index is -0.360. The number of carbonyl (C=O) groups is 1. The maximum atomic E-state index is 11.8. The van der Waals surface area contributed by atoms with E-state index in [4.69, 9.17) is 4.74 Å². The van der Waals surface area contributed by atoms with Gasteiger partial charge in [-0.05, 0) is 36.8 Å². The standard InChI is InChI=1S/C19H18N2O2/c1-2-23-19(22)13-18(14-6-4-3-5-7-14)21-16-8-9-17-15(12-16)10-11-20-17/h3-13,20-21H,2H2,1H3/b18-13+. The first-order chi connectivity index (χ1) is 11.3. The van der Waals surface area contributed by atoms with Crippen LogP contribution in [0.3, 0.4) is 0 Å². The summed E-state index contributed by atoms with van der Waals surface area (Å²) in [6.07, 6.45) is 3.39. The highest BCUT2D eigenvalue weighted by Crippen LogP contribution is 2.22. The number of carbonyl (C=O) groups excluding carboxylic acids is 1. The average Bonchev–Trinajstić information content (AvgIpc) is 3.03. The van der Waals surface area contributed by atoms with Gasteiger partial charge < -0.3 is 15.0 Å². The number of fused-ring (bicyclic) bond motifs is 1. The Morgan fingerprint density at radius 2 is 2.00 bits per heavy atom. The SMILES string of the molecule is CCOC(=O)/C=C(/Nc1ccc2[nH]ccc2c1)c1ccccc1. The minimum Gasteiger partial charge on any atom is -0.463 e. The van der Waals surface area contributed by atoms with Gasteiger partial charge in [-0.3, -0.25) is 0 Å². The van der Waals surface area contributed by atoms with E-state index in [0.717, 1.165) is 22.2 Å². The van der Waals surface area contributed by atoms with Crippen LogP contribution in [0, 0.1) is 0 Å². The number of benzene rings is 2. The maximum absolute atomic E-state index is 11.8. The number of H-pyrrole nitrogens is 1. The molecule has 116 valence electrons.